The molecule has 0 N–H and O–H groups in total. The van der Waals surface area contributed by atoms with Gasteiger partial charge in [0.25, 0.3) is 11.6 Å². The van der Waals surface area contributed by atoms with Crippen molar-refractivity contribution in [2.45, 2.75) is 11.8 Å². The van der Waals surface area contributed by atoms with Gasteiger partial charge in [-0.1, -0.05) is 0 Å². The Kier molecular flexibility index (Phi) is 5.53. The third kappa shape index (κ3) is 4.40. The number of carbonyl (C=O) groups is 1. The maximum Gasteiger partial charge on any atom is 0.271 e. The molecule has 8 nitrogen and oxygen atoms in total. The monoisotopic (exact) mass is 427 g/mol. The number of anilines is 1. The van der Waals surface area contributed by atoms with Gasteiger partial charge in [-0.15, -0.1) is 0 Å². The molecular weight excluding hydrogens is 414 g/mol. The first-order valence-electron chi connectivity index (χ1n) is 7.06. The van der Waals surface area contributed by atoms with Crippen molar-refractivity contribution in [1.29, 1.82) is 0 Å². The average molecular weight is 428 g/mol. The summed E-state index contributed by atoms with van der Waals surface area (Å²) in [5.74, 6) is -0.228. The van der Waals surface area contributed by atoms with E-state index in [2.05, 4.69) is 20.9 Å². The van der Waals surface area contributed by atoms with Crippen LogP contribution in [0.25, 0.3) is 0 Å². The third-order valence-electron chi connectivity index (χ3n) is 3.33. The summed E-state index contributed by atoms with van der Waals surface area (Å²) in [6.45, 7) is 1.97. The van der Waals surface area contributed by atoms with E-state index in [4.69, 9.17) is 0 Å². The number of pyridine rings is 1. The highest BCUT2D eigenvalue weighted by molar-refractivity contribution is 9.10. The molecule has 25 heavy (non-hydrogen) atoms. The molecule has 0 spiro atoms. The first kappa shape index (κ1) is 19.0. The standard InChI is InChI=1S/C15H14BrN3O5S/c1-3-18(14-5-4-11(16)9-17-14)15(20)10-6-12(19(21)22)8-13(7-10)25(2,23)24/h4-9H,3H2,1-2H3. The Morgan fingerprint density at radius 1 is 1.32 bits per heavy atom. The van der Waals surface area contributed by atoms with Gasteiger partial charge in [0.05, 0.1) is 9.82 Å². The maximum atomic E-state index is 12.8. The number of carbonyl (C=O) groups excluding carboxylic acids is 1. The molecule has 1 aromatic carbocycles. The molecule has 0 bridgehead atoms. The van der Waals surface area contributed by atoms with E-state index < -0.39 is 26.4 Å². The number of hydrogen-bond donors (Lipinski definition) is 0. The minimum atomic E-state index is -3.71. The summed E-state index contributed by atoms with van der Waals surface area (Å²) in [7, 11) is -3.71. The normalized spacial score (nSPS) is 11.2. The highest BCUT2D eigenvalue weighted by Gasteiger charge is 2.23. The Morgan fingerprint density at radius 3 is 2.48 bits per heavy atom. The topological polar surface area (TPSA) is 110 Å². The zero-order valence-corrected chi connectivity index (χ0v) is 15.7. The minimum Gasteiger partial charge on any atom is -0.293 e. The fourth-order valence-corrected chi connectivity index (χ4v) is 3.03. The fourth-order valence-electron chi connectivity index (χ4n) is 2.12. The van der Waals surface area contributed by atoms with Gasteiger partial charge in [-0.2, -0.15) is 0 Å². The summed E-state index contributed by atoms with van der Waals surface area (Å²) < 4.78 is 24.3. The largest absolute Gasteiger partial charge is 0.293 e. The highest BCUT2D eigenvalue weighted by Crippen LogP contribution is 2.24. The van der Waals surface area contributed by atoms with Crippen LogP contribution >= 0.6 is 15.9 Å². The molecular formula is C15H14BrN3O5S. The summed E-state index contributed by atoms with van der Waals surface area (Å²) in [5, 5.41) is 11.1. The summed E-state index contributed by atoms with van der Waals surface area (Å²) in [5.41, 5.74) is -0.563. The molecule has 0 aliphatic carbocycles. The fraction of sp³-hybridized carbons (Fsp3) is 0.200. The number of aromatic nitrogens is 1. The molecule has 1 aromatic heterocycles. The summed E-state index contributed by atoms with van der Waals surface area (Å²) in [6.07, 6.45) is 2.44. The van der Waals surface area contributed by atoms with E-state index in [0.29, 0.717) is 5.82 Å². The molecule has 0 aliphatic heterocycles. The second-order valence-corrected chi connectivity index (χ2v) is 8.06. The van der Waals surface area contributed by atoms with Crippen LogP contribution in [0.15, 0.2) is 45.9 Å². The van der Waals surface area contributed by atoms with Gasteiger partial charge in [0.15, 0.2) is 9.84 Å². The molecule has 1 heterocycles. The van der Waals surface area contributed by atoms with Crippen molar-refractivity contribution in [3.63, 3.8) is 0 Å². The number of halogens is 1. The molecule has 10 heteroatoms. The van der Waals surface area contributed by atoms with E-state index in [0.717, 1.165) is 28.9 Å². The molecule has 0 fully saturated rings. The Bertz CT molecular complexity index is 929. The van der Waals surface area contributed by atoms with Crippen molar-refractivity contribution in [1.82, 2.24) is 4.98 Å². The van der Waals surface area contributed by atoms with Gasteiger partial charge >= 0.3 is 0 Å². The van der Waals surface area contributed by atoms with Crippen molar-refractivity contribution in [3.8, 4) is 0 Å². The zero-order chi connectivity index (χ0) is 18.8. The number of non-ortho nitro benzene ring substituents is 1. The third-order valence-corrected chi connectivity index (χ3v) is 4.89. The molecule has 2 aromatic rings. The molecule has 0 saturated carbocycles. The van der Waals surface area contributed by atoms with Crippen LogP contribution in [0.1, 0.15) is 17.3 Å². The van der Waals surface area contributed by atoms with Crippen LogP contribution in [0.2, 0.25) is 0 Å². The van der Waals surface area contributed by atoms with Gasteiger partial charge in [0.2, 0.25) is 0 Å². The Balaban J connectivity index is 2.54. The van der Waals surface area contributed by atoms with Crippen molar-refractivity contribution in [2.24, 2.45) is 0 Å². The first-order valence-corrected chi connectivity index (χ1v) is 9.75. The van der Waals surface area contributed by atoms with Crippen LogP contribution < -0.4 is 4.90 Å². The van der Waals surface area contributed by atoms with Gasteiger partial charge in [-0.25, -0.2) is 13.4 Å². The maximum absolute atomic E-state index is 12.8. The van der Waals surface area contributed by atoms with Crippen LogP contribution in [0.5, 0.6) is 0 Å². The van der Waals surface area contributed by atoms with E-state index in [9.17, 15) is 23.3 Å². The van der Waals surface area contributed by atoms with Gasteiger partial charge in [0, 0.05) is 41.2 Å². The van der Waals surface area contributed by atoms with Gasteiger partial charge in [-0.3, -0.25) is 19.8 Å². The van der Waals surface area contributed by atoms with Crippen LogP contribution in [-0.4, -0.2) is 37.0 Å². The lowest BCUT2D eigenvalue weighted by Crippen LogP contribution is -2.31. The summed E-state index contributed by atoms with van der Waals surface area (Å²) in [6, 6.07) is 6.43. The smallest absolute Gasteiger partial charge is 0.271 e. The number of amides is 1. The molecule has 0 unspecified atom stereocenters. The van der Waals surface area contributed by atoms with Crippen molar-refractivity contribution < 1.29 is 18.1 Å². The molecule has 132 valence electrons. The lowest BCUT2D eigenvalue weighted by atomic mass is 10.1. The van der Waals surface area contributed by atoms with E-state index in [1.807, 2.05) is 0 Å². The van der Waals surface area contributed by atoms with Crippen LogP contribution in [0.4, 0.5) is 11.5 Å². The van der Waals surface area contributed by atoms with Gasteiger partial charge in [0.1, 0.15) is 5.82 Å². The molecule has 0 saturated heterocycles. The summed E-state index contributed by atoms with van der Waals surface area (Å²) in [4.78, 5) is 28.3. The molecule has 0 aliphatic rings. The van der Waals surface area contributed by atoms with Crippen molar-refractivity contribution in [2.75, 3.05) is 17.7 Å². The number of nitro benzene ring substituents is 1. The predicted octanol–water partition coefficient (Wildman–Crippen LogP) is 2.82. The lowest BCUT2D eigenvalue weighted by molar-refractivity contribution is -0.385. The van der Waals surface area contributed by atoms with Crippen molar-refractivity contribution in [3.05, 3.63) is 56.7 Å². The van der Waals surface area contributed by atoms with E-state index in [1.165, 1.54) is 11.1 Å². The number of nitrogens with zero attached hydrogens (tertiary/aromatic N) is 3. The minimum absolute atomic E-state index is 0.0961. The number of hydrogen-bond acceptors (Lipinski definition) is 6. The van der Waals surface area contributed by atoms with Crippen molar-refractivity contribution >= 4 is 43.2 Å². The predicted molar refractivity (Wildman–Crippen MR) is 95.5 cm³/mol. The van der Waals surface area contributed by atoms with Crippen LogP contribution in [-0.2, 0) is 9.84 Å². The molecule has 0 atom stereocenters. The Hall–Kier alpha value is -2.33. The summed E-state index contributed by atoms with van der Waals surface area (Å²) >= 11 is 3.25. The molecule has 1 amide bonds. The number of nitro groups is 1. The second-order valence-electron chi connectivity index (χ2n) is 5.13. The first-order chi connectivity index (χ1) is 11.6. The number of rotatable bonds is 5. The quantitative estimate of drug-likeness (QED) is 0.535. The number of benzene rings is 1. The van der Waals surface area contributed by atoms with E-state index in [-0.39, 0.29) is 17.0 Å². The van der Waals surface area contributed by atoms with E-state index >= 15 is 0 Å². The Labute approximate surface area is 152 Å². The average Bonchev–Trinajstić information content (AvgIpc) is 2.55. The lowest BCUT2D eigenvalue weighted by Gasteiger charge is -2.20. The highest BCUT2D eigenvalue weighted by atomic mass is 79.9. The van der Waals surface area contributed by atoms with Gasteiger partial charge < -0.3 is 0 Å². The SMILES string of the molecule is CCN(C(=O)c1cc([N+](=O)[O-])cc(S(C)(=O)=O)c1)c1ccc(Br)cn1. The zero-order valence-electron chi connectivity index (χ0n) is 13.3. The van der Waals surface area contributed by atoms with E-state index in [1.54, 1.807) is 19.1 Å². The van der Waals surface area contributed by atoms with Gasteiger partial charge in [-0.05, 0) is 41.1 Å². The van der Waals surface area contributed by atoms with Crippen LogP contribution in [0.3, 0.4) is 0 Å². The second kappa shape index (κ2) is 7.28. The number of sulfone groups is 1. The van der Waals surface area contributed by atoms with Crippen LogP contribution in [0, 0.1) is 10.1 Å². The molecule has 0 radical (unpaired) electrons. The Morgan fingerprint density at radius 2 is 2.00 bits per heavy atom. The molecule has 2 rings (SSSR count).